The maximum absolute atomic E-state index is 12.3. The molecule has 0 aliphatic rings. The van der Waals surface area contributed by atoms with E-state index in [1.807, 2.05) is 54.6 Å². The first-order valence-electron chi connectivity index (χ1n) is 7.77. The van der Waals surface area contributed by atoms with Gasteiger partial charge in [0.2, 0.25) is 0 Å². The van der Waals surface area contributed by atoms with Gasteiger partial charge in [-0.15, -0.1) is 0 Å². The summed E-state index contributed by atoms with van der Waals surface area (Å²) in [6.07, 6.45) is 0. The number of hydrogen-bond donors (Lipinski definition) is 0. The summed E-state index contributed by atoms with van der Waals surface area (Å²) in [6, 6.07) is 30.6. The van der Waals surface area contributed by atoms with Gasteiger partial charge in [-0.25, -0.2) is 0 Å². The topological polar surface area (TPSA) is 32.3 Å². The van der Waals surface area contributed by atoms with Crippen molar-refractivity contribution in [3.63, 3.8) is 0 Å². The van der Waals surface area contributed by atoms with Crippen LogP contribution in [0.25, 0.3) is 0 Å². The van der Waals surface area contributed by atoms with E-state index in [-0.39, 0.29) is 5.95 Å². The maximum atomic E-state index is 12.3. The Balaban J connectivity index is 2.37. The van der Waals surface area contributed by atoms with Gasteiger partial charge in [0.05, 0.1) is 11.8 Å². The molecule has 3 aromatic rings. The predicted molar refractivity (Wildman–Crippen MR) is 100 cm³/mol. The molecule has 3 aromatic carbocycles. The van der Waals surface area contributed by atoms with Crippen LogP contribution in [-0.2, 0) is 4.74 Å². The van der Waals surface area contributed by atoms with Crippen molar-refractivity contribution < 1.29 is 9.84 Å². The Morgan fingerprint density at radius 2 is 1.04 bits per heavy atom. The average molecular weight is 334 g/mol. The SMILES string of the molecule is CO/C([O-])=C\[P+](c1ccccc1)(c1ccccc1)c1ccccc1. The third-order valence-electron chi connectivity index (χ3n) is 3.99. The highest BCUT2D eigenvalue weighted by molar-refractivity contribution is 7.98. The predicted octanol–water partition coefficient (Wildman–Crippen LogP) is 2.79. The fourth-order valence-corrected chi connectivity index (χ4v) is 6.56. The van der Waals surface area contributed by atoms with Crippen molar-refractivity contribution in [3.05, 3.63) is 103 Å². The molecule has 0 spiro atoms. The van der Waals surface area contributed by atoms with Crippen LogP contribution < -0.4 is 21.0 Å². The fraction of sp³-hybridized carbons (Fsp3) is 0.0476. The fourth-order valence-electron chi connectivity index (χ4n) is 2.87. The highest BCUT2D eigenvalue weighted by Crippen LogP contribution is 2.57. The van der Waals surface area contributed by atoms with Crippen LogP contribution in [0.4, 0.5) is 0 Å². The lowest BCUT2D eigenvalue weighted by Gasteiger charge is -2.25. The van der Waals surface area contributed by atoms with E-state index in [0.29, 0.717) is 0 Å². The van der Waals surface area contributed by atoms with Crippen molar-refractivity contribution in [2.75, 3.05) is 7.11 Å². The summed E-state index contributed by atoms with van der Waals surface area (Å²) in [7, 11) is -0.800. The monoisotopic (exact) mass is 334 g/mol. The van der Waals surface area contributed by atoms with Gasteiger partial charge in [-0.3, -0.25) is 0 Å². The van der Waals surface area contributed by atoms with Crippen LogP contribution in [0.15, 0.2) is 103 Å². The van der Waals surface area contributed by atoms with E-state index in [1.165, 1.54) is 7.11 Å². The van der Waals surface area contributed by atoms with Crippen molar-refractivity contribution in [1.29, 1.82) is 0 Å². The van der Waals surface area contributed by atoms with E-state index in [2.05, 4.69) is 36.4 Å². The van der Waals surface area contributed by atoms with Gasteiger partial charge in [-0.2, -0.15) is 0 Å². The van der Waals surface area contributed by atoms with Gasteiger partial charge in [0.1, 0.15) is 23.2 Å². The van der Waals surface area contributed by atoms with E-state index in [9.17, 15) is 5.11 Å². The van der Waals surface area contributed by atoms with Crippen molar-refractivity contribution in [1.82, 2.24) is 0 Å². The highest BCUT2D eigenvalue weighted by Gasteiger charge is 2.43. The molecule has 0 saturated heterocycles. The Hall–Kier alpha value is -2.57. The third-order valence-corrected chi connectivity index (χ3v) is 7.93. The summed E-state index contributed by atoms with van der Waals surface area (Å²) in [6.45, 7) is 0. The van der Waals surface area contributed by atoms with E-state index in [0.717, 1.165) is 15.9 Å². The molecule has 0 bridgehead atoms. The van der Waals surface area contributed by atoms with Crippen LogP contribution in [0, 0.1) is 0 Å². The zero-order valence-corrected chi connectivity index (χ0v) is 14.4. The quantitative estimate of drug-likeness (QED) is 0.531. The minimum atomic E-state index is -2.23. The Morgan fingerprint density at radius 1 is 0.708 bits per heavy atom. The summed E-state index contributed by atoms with van der Waals surface area (Å²) >= 11 is 0. The molecule has 0 unspecified atom stereocenters. The Labute approximate surface area is 143 Å². The average Bonchev–Trinajstić information content (AvgIpc) is 2.68. The second-order valence-corrected chi connectivity index (χ2v) is 8.63. The zero-order valence-electron chi connectivity index (χ0n) is 13.5. The van der Waals surface area contributed by atoms with Gasteiger partial charge in [0.25, 0.3) is 0 Å². The lowest BCUT2D eigenvalue weighted by atomic mass is 10.4. The number of rotatable bonds is 5. The number of ether oxygens (including phenoxy) is 1. The molecule has 0 heterocycles. The molecule has 0 radical (unpaired) electrons. The largest absolute Gasteiger partial charge is 0.614 e. The van der Waals surface area contributed by atoms with Gasteiger partial charge in [0.15, 0.2) is 0 Å². The van der Waals surface area contributed by atoms with Crippen LogP contribution in [0.2, 0.25) is 0 Å². The van der Waals surface area contributed by atoms with E-state index in [1.54, 1.807) is 5.82 Å². The number of hydrogen-bond acceptors (Lipinski definition) is 2. The lowest BCUT2D eigenvalue weighted by molar-refractivity contribution is -0.352. The van der Waals surface area contributed by atoms with Crippen LogP contribution in [0.1, 0.15) is 0 Å². The van der Waals surface area contributed by atoms with E-state index < -0.39 is 7.26 Å². The Kier molecular flexibility index (Phi) is 4.98. The number of benzene rings is 3. The molecule has 0 aliphatic carbocycles. The molecule has 24 heavy (non-hydrogen) atoms. The third kappa shape index (κ3) is 3.06. The van der Waals surface area contributed by atoms with Gasteiger partial charge in [-0.1, -0.05) is 54.6 Å². The van der Waals surface area contributed by atoms with Crippen LogP contribution in [-0.4, -0.2) is 7.11 Å². The molecule has 0 amide bonds. The highest BCUT2D eigenvalue weighted by atomic mass is 31.2. The molecule has 0 N–H and O–H groups in total. The van der Waals surface area contributed by atoms with Gasteiger partial charge >= 0.3 is 0 Å². The first-order chi connectivity index (χ1) is 11.8. The van der Waals surface area contributed by atoms with Crippen LogP contribution in [0.3, 0.4) is 0 Å². The summed E-state index contributed by atoms with van der Waals surface area (Å²) < 4.78 is 5.00. The van der Waals surface area contributed by atoms with Crippen molar-refractivity contribution in [3.8, 4) is 0 Å². The molecule has 120 valence electrons. The second kappa shape index (κ2) is 7.33. The summed E-state index contributed by atoms with van der Waals surface area (Å²) in [5.74, 6) is 1.47. The molecule has 0 atom stereocenters. The summed E-state index contributed by atoms with van der Waals surface area (Å²) in [4.78, 5) is 0. The summed E-state index contributed by atoms with van der Waals surface area (Å²) in [5.41, 5.74) is 0. The standard InChI is InChI=1S/C21H19O2P/c1-23-21(22)17-24(18-11-5-2-6-12-18,19-13-7-3-8-14-19)20-15-9-4-10-16-20/h2-17H,1H3/b21-17-. The minimum absolute atomic E-state index is 0.306. The minimum Gasteiger partial charge on any atom is -0.614 e. The molecule has 2 nitrogen and oxygen atoms in total. The van der Waals surface area contributed by atoms with Crippen molar-refractivity contribution in [2.24, 2.45) is 0 Å². The molecule has 3 heteroatoms. The molecule has 0 aliphatic heterocycles. The van der Waals surface area contributed by atoms with Gasteiger partial charge in [-0.05, 0) is 43.5 Å². The number of methoxy groups -OCH3 is 1. The Bertz CT molecular complexity index is 702. The van der Waals surface area contributed by atoms with Crippen LogP contribution in [0.5, 0.6) is 0 Å². The van der Waals surface area contributed by atoms with Crippen molar-refractivity contribution in [2.45, 2.75) is 0 Å². The molecule has 0 aromatic heterocycles. The first kappa shape index (κ1) is 16.3. The first-order valence-corrected chi connectivity index (χ1v) is 9.62. The summed E-state index contributed by atoms with van der Waals surface area (Å²) in [5, 5.41) is 15.7. The lowest BCUT2D eigenvalue weighted by Crippen LogP contribution is -2.30. The molecule has 3 rings (SSSR count). The molecular weight excluding hydrogens is 315 g/mol. The zero-order chi connectivity index (χ0) is 16.8. The van der Waals surface area contributed by atoms with Crippen LogP contribution >= 0.6 is 7.26 Å². The van der Waals surface area contributed by atoms with Gasteiger partial charge < -0.3 is 9.84 Å². The molecule has 0 saturated carbocycles. The van der Waals surface area contributed by atoms with E-state index >= 15 is 0 Å². The van der Waals surface area contributed by atoms with Gasteiger partial charge in [0, 0.05) is 0 Å². The normalized spacial score (nSPS) is 12.0. The Morgan fingerprint density at radius 3 is 1.33 bits per heavy atom. The second-order valence-electron chi connectivity index (χ2n) is 5.38. The molecule has 0 fully saturated rings. The maximum Gasteiger partial charge on any atom is 0.138 e. The van der Waals surface area contributed by atoms with Crippen molar-refractivity contribution >= 4 is 23.2 Å². The molecular formula is C21H19O2P. The smallest absolute Gasteiger partial charge is 0.138 e. The van der Waals surface area contributed by atoms with E-state index in [4.69, 9.17) is 4.74 Å².